The van der Waals surface area contributed by atoms with Gasteiger partial charge in [-0.1, -0.05) is 31.3 Å². The number of thiocarbonyl (C=S) groups is 1. The van der Waals surface area contributed by atoms with Crippen LogP contribution in [0.25, 0.3) is 0 Å². The number of rotatable bonds is 4. The minimum absolute atomic E-state index is 0.360. The van der Waals surface area contributed by atoms with Gasteiger partial charge in [0.05, 0.1) is 5.56 Å². The summed E-state index contributed by atoms with van der Waals surface area (Å²) in [7, 11) is 0. The Morgan fingerprint density at radius 1 is 1.26 bits per heavy atom. The Kier molecular flexibility index (Phi) is 4.12. The average molecular weight is 271 g/mol. The molecule has 1 aromatic carbocycles. The summed E-state index contributed by atoms with van der Waals surface area (Å²) in [5.41, 5.74) is 9.87. The van der Waals surface area contributed by atoms with Crippen LogP contribution in [0, 0.1) is 6.92 Å². The Hall–Kier alpha value is -1.94. The Balaban J connectivity index is 2.32. The van der Waals surface area contributed by atoms with Crippen molar-refractivity contribution in [1.29, 1.82) is 0 Å². The Morgan fingerprint density at radius 2 is 1.95 bits per heavy atom. The van der Waals surface area contributed by atoms with Crippen molar-refractivity contribution in [3.05, 3.63) is 53.2 Å². The van der Waals surface area contributed by atoms with Gasteiger partial charge in [0, 0.05) is 11.9 Å². The number of aryl methyl sites for hydroxylation is 2. The van der Waals surface area contributed by atoms with Crippen LogP contribution in [0.4, 0.5) is 11.5 Å². The molecule has 3 N–H and O–H groups in total. The van der Waals surface area contributed by atoms with Crippen molar-refractivity contribution in [2.45, 2.75) is 20.3 Å². The highest BCUT2D eigenvalue weighted by atomic mass is 32.1. The largest absolute Gasteiger partial charge is 0.389 e. The maximum atomic E-state index is 5.77. The van der Waals surface area contributed by atoms with Crippen molar-refractivity contribution in [3.63, 3.8) is 0 Å². The second kappa shape index (κ2) is 5.80. The number of pyridine rings is 1. The third-order valence-corrected chi connectivity index (χ3v) is 3.23. The van der Waals surface area contributed by atoms with Gasteiger partial charge in [-0.15, -0.1) is 0 Å². The predicted molar refractivity (Wildman–Crippen MR) is 84.0 cm³/mol. The highest BCUT2D eigenvalue weighted by molar-refractivity contribution is 7.80. The van der Waals surface area contributed by atoms with Gasteiger partial charge in [-0.2, -0.15) is 0 Å². The van der Waals surface area contributed by atoms with E-state index in [4.69, 9.17) is 18.0 Å². The maximum absolute atomic E-state index is 5.77. The number of hydrogen-bond donors (Lipinski definition) is 2. The number of nitrogens with one attached hydrogen (secondary N) is 1. The van der Waals surface area contributed by atoms with Gasteiger partial charge in [-0.25, -0.2) is 4.98 Å². The summed E-state index contributed by atoms with van der Waals surface area (Å²) in [5, 5.41) is 3.27. The van der Waals surface area contributed by atoms with Gasteiger partial charge in [0.2, 0.25) is 0 Å². The lowest BCUT2D eigenvalue weighted by molar-refractivity contribution is 1.14. The fraction of sp³-hybridized carbons (Fsp3) is 0.200. The van der Waals surface area contributed by atoms with Gasteiger partial charge in [0.15, 0.2) is 0 Å². The molecule has 0 atom stereocenters. The van der Waals surface area contributed by atoms with Gasteiger partial charge >= 0.3 is 0 Å². The summed E-state index contributed by atoms with van der Waals surface area (Å²) in [6.07, 6.45) is 2.78. The van der Waals surface area contributed by atoms with Crippen LogP contribution in [0.5, 0.6) is 0 Å². The van der Waals surface area contributed by atoms with Crippen molar-refractivity contribution in [1.82, 2.24) is 4.98 Å². The van der Waals surface area contributed by atoms with E-state index in [2.05, 4.69) is 29.4 Å². The van der Waals surface area contributed by atoms with Crippen molar-refractivity contribution in [3.8, 4) is 0 Å². The second-order valence-corrected chi connectivity index (χ2v) is 4.83. The number of hydrogen-bond acceptors (Lipinski definition) is 3. The predicted octanol–water partition coefficient (Wildman–Crippen LogP) is 3.33. The summed E-state index contributed by atoms with van der Waals surface area (Å²) >= 11 is 5.09. The number of nitrogens with two attached hydrogens (primary N) is 1. The molecule has 0 saturated heterocycles. The van der Waals surface area contributed by atoms with Gasteiger partial charge in [0.25, 0.3) is 0 Å². The molecule has 0 spiro atoms. The minimum atomic E-state index is 0.360. The SMILES string of the molecule is CCc1ccc(Nc2nccc(C)c2C(N)=S)cc1. The van der Waals surface area contributed by atoms with Crippen LogP contribution in [-0.4, -0.2) is 9.97 Å². The topological polar surface area (TPSA) is 50.9 Å². The number of nitrogens with zero attached hydrogens (tertiary/aromatic N) is 1. The highest BCUT2D eigenvalue weighted by Gasteiger charge is 2.09. The van der Waals surface area contributed by atoms with Crippen LogP contribution >= 0.6 is 12.2 Å². The maximum Gasteiger partial charge on any atom is 0.140 e. The first-order valence-corrected chi connectivity index (χ1v) is 6.64. The van der Waals surface area contributed by atoms with Crippen LogP contribution in [0.1, 0.15) is 23.6 Å². The summed E-state index contributed by atoms with van der Waals surface area (Å²) in [5.74, 6) is 0.705. The normalized spacial score (nSPS) is 10.2. The summed E-state index contributed by atoms with van der Waals surface area (Å²) < 4.78 is 0. The molecule has 0 aliphatic rings. The fourth-order valence-corrected chi connectivity index (χ4v) is 2.18. The lowest BCUT2D eigenvalue weighted by Crippen LogP contribution is -2.14. The molecule has 4 heteroatoms. The number of anilines is 2. The molecule has 98 valence electrons. The van der Waals surface area contributed by atoms with Crippen molar-refractivity contribution in [2.75, 3.05) is 5.32 Å². The van der Waals surface area contributed by atoms with Crippen LogP contribution in [0.3, 0.4) is 0 Å². The lowest BCUT2D eigenvalue weighted by atomic mass is 10.1. The molecule has 2 aromatic rings. The Bertz CT molecular complexity index is 591. The van der Waals surface area contributed by atoms with Crippen LogP contribution in [-0.2, 0) is 6.42 Å². The zero-order valence-corrected chi connectivity index (χ0v) is 11.9. The molecular weight excluding hydrogens is 254 g/mol. The van der Waals surface area contributed by atoms with Crippen molar-refractivity contribution >= 4 is 28.7 Å². The van der Waals surface area contributed by atoms with Crippen molar-refractivity contribution in [2.24, 2.45) is 5.73 Å². The summed E-state index contributed by atoms with van der Waals surface area (Å²) in [4.78, 5) is 4.68. The molecule has 0 aliphatic carbocycles. The van der Waals surface area contributed by atoms with E-state index in [1.807, 2.05) is 25.1 Å². The van der Waals surface area contributed by atoms with E-state index in [0.717, 1.165) is 23.2 Å². The quantitative estimate of drug-likeness (QED) is 0.837. The molecule has 3 nitrogen and oxygen atoms in total. The molecule has 0 fully saturated rings. The Labute approximate surface area is 118 Å². The van der Waals surface area contributed by atoms with E-state index in [-0.39, 0.29) is 0 Å². The molecule has 19 heavy (non-hydrogen) atoms. The summed E-state index contributed by atoms with van der Waals surface area (Å²) in [6, 6.07) is 10.2. The lowest BCUT2D eigenvalue weighted by Gasteiger charge is -2.12. The molecule has 0 aliphatic heterocycles. The van der Waals surface area contributed by atoms with Gasteiger partial charge in [-0.05, 0) is 42.7 Å². The fourth-order valence-electron chi connectivity index (χ4n) is 1.92. The van der Waals surface area contributed by atoms with Gasteiger partial charge in [0.1, 0.15) is 10.8 Å². The first-order valence-electron chi connectivity index (χ1n) is 6.23. The standard InChI is InChI=1S/C15H17N3S/c1-3-11-4-6-12(7-5-11)18-15-13(14(16)19)10(2)8-9-17-15/h4-9H,3H2,1-2H3,(H2,16,19)(H,17,18). The third kappa shape index (κ3) is 3.09. The zero-order valence-electron chi connectivity index (χ0n) is 11.1. The molecular formula is C15H17N3S. The van der Waals surface area contributed by atoms with E-state index in [0.29, 0.717) is 10.8 Å². The number of aromatic nitrogens is 1. The first kappa shape index (κ1) is 13.5. The smallest absolute Gasteiger partial charge is 0.140 e. The second-order valence-electron chi connectivity index (χ2n) is 4.39. The highest BCUT2D eigenvalue weighted by Crippen LogP contribution is 2.21. The molecule has 0 amide bonds. The van der Waals surface area contributed by atoms with Crippen molar-refractivity contribution < 1.29 is 0 Å². The van der Waals surface area contributed by atoms with Gasteiger partial charge in [-0.3, -0.25) is 0 Å². The molecule has 0 unspecified atom stereocenters. The minimum Gasteiger partial charge on any atom is -0.389 e. The van der Waals surface area contributed by atoms with Crippen LogP contribution < -0.4 is 11.1 Å². The van der Waals surface area contributed by atoms with Gasteiger partial charge < -0.3 is 11.1 Å². The van der Waals surface area contributed by atoms with E-state index in [9.17, 15) is 0 Å². The molecule has 1 heterocycles. The summed E-state index contributed by atoms with van der Waals surface area (Å²) in [6.45, 7) is 4.11. The molecule has 0 bridgehead atoms. The zero-order chi connectivity index (χ0) is 13.8. The van der Waals surface area contributed by atoms with E-state index in [1.165, 1.54) is 5.56 Å². The van der Waals surface area contributed by atoms with Crippen LogP contribution in [0.15, 0.2) is 36.5 Å². The van der Waals surface area contributed by atoms with Crippen LogP contribution in [0.2, 0.25) is 0 Å². The molecule has 1 aromatic heterocycles. The van der Waals surface area contributed by atoms with E-state index in [1.54, 1.807) is 6.20 Å². The first-order chi connectivity index (χ1) is 9.11. The Morgan fingerprint density at radius 3 is 2.53 bits per heavy atom. The molecule has 0 radical (unpaired) electrons. The molecule has 0 saturated carbocycles. The van der Waals surface area contributed by atoms with E-state index >= 15 is 0 Å². The molecule has 2 rings (SSSR count). The monoisotopic (exact) mass is 271 g/mol. The third-order valence-electron chi connectivity index (χ3n) is 3.03. The average Bonchev–Trinajstić information content (AvgIpc) is 2.39. The number of benzene rings is 1. The van der Waals surface area contributed by atoms with E-state index < -0.39 is 0 Å².